The SMILES string of the molecule is CCCNC(=O)C(C)N(Cc1cccc(C)c1)C(=O)CN(c1ccccc1)S(=O)(=O)c1ccc(OC)c(OC)c1. The third-order valence-corrected chi connectivity index (χ3v) is 8.19. The van der Waals surface area contributed by atoms with Crippen LogP contribution < -0.4 is 19.1 Å². The molecule has 3 rings (SSSR count). The largest absolute Gasteiger partial charge is 0.493 e. The van der Waals surface area contributed by atoms with Gasteiger partial charge in [-0.1, -0.05) is 55.0 Å². The fourth-order valence-electron chi connectivity index (χ4n) is 4.21. The topological polar surface area (TPSA) is 105 Å². The Kier molecular flexibility index (Phi) is 10.6. The van der Waals surface area contributed by atoms with Gasteiger partial charge >= 0.3 is 0 Å². The van der Waals surface area contributed by atoms with Gasteiger partial charge in [-0.3, -0.25) is 13.9 Å². The highest BCUT2D eigenvalue weighted by Crippen LogP contribution is 2.32. The Morgan fingerprint density at radius 1 is 0.925 bits per heavy atom. The van der Waals surface area contributed by atoms with E-state index in [1.807, 2.05) is 38.1 Å². The minimum atomic E-state index is -4.23. The lowest BCUT2D eigenvalue weighted by molar-refractivity contribution is -0.139. The van der Waals surface area contributed by atoms with E-state index in [0.29, 0.717) is 18.0 Å². The van der Waals surface area contributed by atoms with Crippen LogP contribution in [0.25, 0.3) is 0 Å². The van der Waals surface area contributed by atoms with Gasteiger partial charge in [0, 0.05) is 19.2 Å². The van der Waals surface area contributed by atoms with Gasteiger partial charge in [0.1, 0.15) is 12.6 Å². The molecular formula is C30H37N3O6S. The number of benzene rings is 3. The number of methoxy groups -OCH3 is 2. The zero-order valence-corrected chi connectivity index (χ0v) is 24.4. The number of para-hydroxylation sites is 1. The summed E-state index contributed by atoms with van der Waals surface area (Å²) in [5.41, 5.74) is 2.15. The molecule has 214 valence electrons. The summed E-state index contributed by atoms with van der Waals surface area (Å²) in [6.07, 6.45) is 0.746. The second kappa shape index (κ2) is 13.8. The van der Waals surface area contributed by atoms with Crippen molar-refractivity contribution in [1.82, 2.24) is 10.2 Å². The molecule has 0 aromatic heterocycles. The van der Waals surface area contributed by atoms with E-state index in [4.69, 9.17) is 9.47 Å². The Balaban J connectivity index is 2.03. The molecule has 10 heteroatoms. The maximum absolute atomic E-state index is 14.0. The Morgan fingerprint density at radius 2 is 1.62 bits per heavy atom. The van der Waals surface area contributed by atoms with Crippen LogP contribution in [0.1, 0.15) is 31.4 Å². The molecule has 3 aromatic rings. The average Bonchev–Trinajstić information content (AvgIpc) is 2.96. The van der Waals surface area contributed by atoms with Crippen LogP contribution in [0.5, 0.6) is 11.5 Å². The molecule has 2 amide bonds. The van der Waals surface area contributed by atoms with Gasteiger partial charge < -0.3 is 19.7 Å². The zero-order valence-electron chi connectivity index (χ0n) is 23.6. The molecule has 1 atom stereocenters. The summed E-state index contributed by atoms with van der Waals surface area (Å²) in [6, 6.07) is 19.5. The number of hydrogen-bond acceptors (Lipinski definition) is 6. The summed E-state index contributed by atoms with van der Waals surface area (Å²) >= 11 is 0. The van der Waals surface area contributed by atoms with Crippen molar-refractivity contribution in [2.24, 2.45) is 0 Å². The maximum atomic E-state index is 14.0. The van der Waals surface area contributed by atoms with Crippen LogP contribution in [-0.4, -0.2) is 58.5 Å². The van der Waals surface area contributed by atoms with Gasteiger partial charge in [-0.15, -0.1) is 0 Å². The van der Waals surface area contributed by atoms with Crippen molar-refractivity contribution in [2.75, 3.05) is 31.6 Å². The molecule has 3 aromatic carbocycles. The van der Waals surface area contributed by atoms with E-state index in [1.54, 1.807) is 37.3 Å². The number of ether oxygens (including phenoxy) is 2. The minimum absolute atomic E-state index is 0.0687. The smallest absolute Gasteiger partial charge is 0.264 e. The van der Waals surface area contributed by atoms with E-state index in [1.165, 1.54) is 37.3 Å². The summed E-state index contributed by atoms with van der Waals surface area (Å²) in [5, 5.41) is 2.84. The molecule has 0 aliphatic rings. The van der Waals surface area contributed by atoms with E-state index in [-0.39, 0.29) is 23.1 Å². The molecule has 0 bridgehead atoms. The number of carbonyl (C=O) groups is 2. The monoisotopic (exact) mass is 567 g/mol. The van der Waals surface area contributed by atoms with Gasteiger partial charge in [0.15, 0.2) is 11.5 Å². The van der Waals surface area contributed by atoms with Crippen LogP contribution in [0.3, 0.4) is 0 Å². The summed E-state index contributed by atoms with van der Waals surface area (Å²) in [7, 11) is -1.35. The van der Waals surface area contributed by atoms with Gasteiger partial charge in [-0.25, -0.2) is 8.42 Å². The molecule has 1 unspecified atom stereocenters. The van der Waals surface area contributed by atoms with Crippen molar-refractivity contribution in [3.8, 4) is 11.5 Å². The first-order valence-corrected chi connectivity index (χ1v) is 14.5. The predicted octanol–water partition coefficient (Wildman–Crippen LogP) is 4.15. The fraction of sp³-hybridized carbons (Fsp3) is 0.333. The van der Waals surface area contributed by atoms with E-state index >= 15 is 0 Å². The van der Waals surface area contributed by atoms with Crippen molar-refractivity contribution in [3.05, 3.63) is 83.9 Å². The van der Waals surface area contributed by atoms with Crippen molar-refractivity contribution >= 4 is 27.5 Å². The van der Waals surface area contributed by atoms with Gasteiger partial charge in [0.05, 0.1) is 24.8 Å². The molecule has 0 spiro atoms. The number of amides is 2. The minimum Gasteiger partial charge on any atom is -0.493 e. The highest BCUT2D eigenvalue weighted by Gasteiger charge is 2.33. The van der Waals surface area contributed by atoms with Gasteiger partial charge in [-0.2, -0.15) is 0 Å². The third-order valence-electron chi connectivity index (χ3n) is 6.42. The lowest BCUT2D eigenvalue weighted by Crippen LogP contribution is -2.51. The molecule has 0 saturated heterocycles. The molecule has 9 nitrogen and oxygen atoms in total. The van der Waals surface area contributed by atoms with Crippen LogP contribution in [0.4, 0.5) is 5.69 Å². The van der Waals surface area contributed by atoms with E-state index in [0.717, 1.165) is 21.9 Å². The molecule has 0 aliphatic heterocycles. The molecule has 1 N–H and O–H groups in total. The molecular weight excluding hydrogens is 530 g/mol. The van der Waals surface area contributed by atoms with Gasteiger partial charge in [0.2, 0.25) is 11.8 Å². The van der Waals surface area contributed by atoms with Gasteiger partial charge in [0.25, 0.3) is 10.0 Å². The van der Waals surface area contributed by atoms with Crippen molar-refractivity contribution in [2.45, 2.75) is 44.7 Å². The molecule has 0 saturated carbocycles. The molecule has 0 heterocycles. The Bertz CT molecular complexity index is 1410. The summed E-state index contributed by atoms with van der Waals surface area (Å²) in [6.45, 7) is 5.63. The second-order valence-corrected chi connectivity index (χ2v) is 11.2. The number of anilines is 1. The van der Waals surface area contributed by atoms with E-state index in [2.05, 4.69) is 5.32 Å². The predicted molar refractivity (Wildman–Crippen MR) is 155 cm³/mol. The molecule has 40 heavy (non-hydrogen) atoms. The quantitative estimate of drug-likeness (QED) is 0.333. The number of rotatable bonds is 13. The number of aryl methyl sites for hydroxylation is 1. The summed E-state index contributed by atoms with van der Waals surface area (Å²) < 4.78 is 39.6. The Morgan fingerprint density at radius 3 is 2.25 bits per heavy atom. The number of nitrogens with one attached hydrogen (secondary N) is 1. The third kappa shape index (κ3) is 7.32. The van der Waals surface area contributed by atoms with Crippen LogP contribution in [0.2, 0.25) is 0 Å². The highest BCUT2D eigenvalue weighted by molar-refractivity contribution is 7.92. The van der Waals surface area contributed by atoms with Crippen LogP contribution in [0.15, 0.2) is 77.7 Å². The summed E-state index contributed by atoms with van der Waals surface area (Å²) in [4.78, 5) is 28.2. The Labute approximate surface area is 236 Å². The molecule has 0 fully saturated rings. The first-order valence-electron chi connectivity index (χ1n) is 13.0. The highest BCUT2D eigenvalue weighted by atomic mass is 32.2. The first kappa shape index (κ1) is 30.5. The average molecular weight is 568 g/mol. The van der Waals surface area contributed by atoms with E-state index in [9.17, 15) is 18.0 Å². The van der Waals surface area contributed by atoms with Crippen LogP contribution >= 0.6 is 0 Å². The van der Waals surface area contributed by atoms with Crippen LogP contribution in [-0.2, 0) is 26.2 Å². The fourth-order valence-corrected chi connectivity index (χ4v) is 5.64. The van der Waals surface area contributed by atoms with Crippen molar-refractivity contribution < 1.29 is 27.5 Å². The number of carbonyl (C=O) groups excluding carboxylic acids is 2. The molecule has 0 radical (unpaired) electrons. The standard InChI is InChI=1S/C30H37N3O6S/c1-6-17-31-30(35)23(3)32(20-24-12-10-11-22(2)18-24)29(34)21-33(25-13-8-7-9-14-25)40(36,37)26-15-16-27(38-4)28(19-26)39-5/h7-16,18-19,23H,6,17,20-21H2,1-5H3,(H,31,35). The number of nitrogens with zero attached hydrogens (tertiary/aromatic N) is 2. The van der Waals surface area contributed by atoms with Gasteiger partial charge in [-0.05, 0) is 50.1 Å². The Hall–Kier alpha value is -4.05. The lowest BCUT2D eigenvalue weighted by Gasteiger charge is -2.32. The number of hydrogen-bond donors (Lipinski definition) is 1. The second-order valence-electron chi connectivity index (χ2n) is 9.34. The summed E-state index contributed by atoms with van der Waals surface area (Å²) in [5.74, 6) is -0.212. The lowest BCUT2D eigenvalue weighted by atomic mass is 10.1. The zero-order chi connectivity index (χ0) is 29.3. The van der Waals surface area contributed by atoms with Crippen molar-refractivity contribution in [1.29, 1.82) is 0 Å². The first-order chi connectivity index (χ1) is 19.1. The number of sulfonamides is 1. The molecule has 0 aliphatic carbocycles. The normalized spacial score (nSPS) is 11.8. The van der Waals surface area contributed by atoms with E-state index < -0.39 is 28.5 Å². The van der Waals surface area contributed by atoms with Crippen LogP contribution in [0, 0.1) is 6.92 Å². The maximum Gasteiger partial charge on any atom is 0.264 e. The van der Waals surface area contributed by atoms with Crippen molar-refractivity contribution in [3.63, 3.8) is 0 Å².